The molecule has 100 valence electrons. The van der Waals surface area contributed by atoms with Crippen molar-refractivity contribution < 1.29 is 4.79 Å². The van der Waals surface area contributed by atoms with E-state index in [4.69, 9.17) is 0 Å². The third-order valence-electron chi connectivity index (χ3n) is 2.68. The smallest absolute Gasteiger partial charge is 0.252 e. The first-order valence-electron chi connectivity index (χ1n) is 5.84. The van der Waals surface area contributed by atoms with E-state index in [1.165, 1.54) is 16.9 Å². The van der Waals surface area contributed by atoms with Gasteiger partial charge in [0, 0.05) is 16.8 Å². The normalized spacial score (nSPS) is 12.1. The van der Waals surface area contributed by atoms with Gasteiger partial charge in [-0.3, -0.25) is 4.79 Å². The van der Waals surface area contributed by atoms with Gasteiger partial charge in [-0.05, 0) is 34.0 Å². The van der Waals surface area contributed by atoms with E-state index in [1.54, 1.807) is 0 Å². The van der Waals surface area contributed by atoms with Gasteiger partial charge in [0.2, 0.25) is 0 Å². The van der Waals surface area contributed by atoms with Gasteiger partial charge in [-0.1, -0.05) is 46.3 Å². The fraction of sp³-hybridized carbons (Fsp3) is 0.214. The number of hydrogen-bond acceptors (Lipinski definition) is 2. The van der Waals surface area contributed by atoms with Gasteiger partial charge in [0.25, 0.3) is 5.91 Å². The highest BCUT2D eigenvalue weighted by atomic mass is 79.9. The molecule has 1 atom stereocenters. The van der Waals surface area contributed by atoms with Crippen LogP contribution in [-0.4, -0.2) is 17.3 Å². The Morgan fingerprint density at radius 2 is 2.05 bits per heavy atom. The zero-order valence-corrected chi connectivity index (χ0v) is 14.1. The molecule has 19 heavy (non-hydrogen) atoms. The van der Waals surface area contributed by atoms with Gasteiger partial charge in [-0.25, -0.2) is 0 Å². The van der Waals surface area contributed by atoms with Crippen molar-refractivity contribution in [3.05, 3.63) is 56.7 Å². The number of benzene rings is 1. The molecule has 0 aliphatic rings. The summed E-state index contributed by atoms with van der Waals surface area (Å²) < 4.78 is 0.969. The Morgan fingerprint density at radius 1 is 1.32 bits per heavy atom. The quantitative estimate of drug-likeness (QED) is 0.744. The van der Waals surface area contributed by atoms with Crippen LogP contribution in [0.5, 0.6) is 0 Å². The minimum absolute atomic E-state index is 0.0256. The summed E-state index contributed by atoms with van der Waals surface area (Å²) in [7, 11) is 0. The number of amides is 1. The molecule has 1 aromatic heterocycles. The van der Waals surface area contributed by atoms with Gasteiger partial charge < -0.3 is 5.32 Å². The number of carbonyl (C=O) groups excluding carboxylic acids is 1. The minimum Gasteiger partial charge on any atom is -0.348 e. The topological polar surface area (TPSA) is 29.1 Å². The Kier molecular flexibility index (Phi) is 5.60. The fourth-order valence-corrected chi connectivity index (χ4v) is 3.27. The highest BCUT2D eigenvalue weighted by Gasteiger charge is 2.14. The van der Waals surface area contributed by atoms with E-state index in [-0.39, 0.29) is 11.9 Å². The van der Waals surface area contributed by atoms with Crippen molar-refractivity contribution in [3.63, 3.8) is 0 Å². The number of alkyl halides is 1. The van der Waals surface area contributed by atoms with Crippen LogP contribution >= 0.6 is 43.2 Å². The molecule has 0 aliphatic heterocycles. The summed E-state index contributed by atoms with van der Waals surface area (Å²) in [5, 5.41) is 5.63. The molecule has 0 saturated heterocycles. The molecule has 5 heteroatoms. The van der Waals surface area contributed by atoms with E-state index in [2.05, 4.69) is 49.3 Å². The number of thiophene rings is 1. The lowest BCUT2D eigenvalue weighted by atomic mass is 10.1. The molecule has 0 bridgehead atoms. The standard InChI is InChI=1S/C14H13Br2NOS/c15-8-12(6-10-4-2-1-3-5-10)17-14(18)11-7-13(16)19-9-11/h1-5,7,9,12H,6,8H2,(H,17,18). The monoisotopic (exact) mass is 401 g/mol. The van der Waals surface area contributed by atoms with Crippen LogP contribution in [0.3, 0.4) is 0 Å². The Bertz CT molecular complexity index is 541. The Hall–Kier alpha value is -0.650. The van der Waals surface area contributed by atoms with E-state index in [9.17, 15) is 4.79 Å². The number of carbonyl (C=O) groups is 1. The summed E-state index contributed by atoms with van der Waals surface area (Å²) in [6.07, 6.45) is 0.823. The lowest BCUT2D eigenvalue weighted by Crippen LogP contribution is -2.37. The minimum atomic E-state index is -0.0256. The second-order valence-corrected chi connectivity index (χ2v) is 7.09. The van der Waals surface area contributed by atoms with Crippen LogP contribution < -0.4 is 5.32 Å². The van der Waals surface area contributed by atoms with Gasteiger partial charge >= 0.3 is 0 Å². The lowest BCUT2D eigenvalue weighted by molar-refractivity contribution is 0.0941. The molecular formula is C14H13Br2NOS. The summed E-state index contributed by atoms with van der Waals surface area (Å²) in [4.78, 5) is 12.1. The van der Waals surface area contributed by atoms with Crippen LogP contribution in [-0.2, 0) is 6.42 Å². The number of nitrogens with one attached hydrogen (secondary N) is 1. The average Bonchev–Trinajstić information content (AvgIpc) is 2.86. The highest BCUT2D eigenvalue weighted by molar-refractivity contribution is 9.11. The zero-order valence-electron chi connectivity index (χ0n) is 10.1. The maximum absolute atomic E-state index is 12.1. The van der Waals surface area contributed by atoms with Crippen LogP contribution in [0, 0.1) is 0 Å². The van der Waals surface area contributed by atoms with Gasteiger partial charge in [-0.15, -0.1) is 11.3 Å². The maximum atomic E-state index is 12.1. The molecule has 2 rings (SSSR count). The van der Waals surface area contributed by atoms with Crippen molar-refractivity contribution in [2.75, 3.05) is 5.33 Å². The fourth-order valence-electron chi connectivity index (χ4n) is 1.74. The predicted octanol–water partition coefficient (Wildman–Crippen LogP) is 4.25. The van der Waals surface area contributed by atoms with Crippen molar-refractivity contribution in [2.45, 2.75) is 12.5 Å². The Labute approximate surface area is 133 Å². The molecule has 1 amide bonds. The number of rotatable bonds is 5. The second kappa shape index (κ2) is 7.22. The van der Waals surface area contributed by atoms with Gasteiger partial charge in [-0.2, -0.15) is 0 Å². The van der Waals surface area contributed by atoms with Crippen molar-refractivity contribution in [2.24, 2.45) is 0 Å². The first kappa shape index (κ1) is 14.8. The molecule has 0 fully saturated rings. The predicted molar refractivity (Wildman–Crippen MR) is 87.2 cm³/mol. The van der Waals surface area contributed by atoms with Crippen molar-refractivity contribution >= 4 is 49.1 Å². The van der Waals surface area contributed by atoms with Gasteiger partial charge in [0.05, 0.1) is 9.35 Å². The van der Waals surface area contributed by atoms with Crippen molar-refractivity contribution in [3.8, 4) is 0 Å². The zero-order chi connectivity index (χ0) is 13.7. The Morgan fingerprint density at radius 3 is 2.63 bits per heavy atom. The summed E-state index contributed by atoms with van der Waals surface area (Å²) >= 11 is 8.34. The molecular weight excluding hydrogens is 390 g/mol. The van der Waals surface area contributed by atoms with Crippen LogP contribution in [0.25, 0.3) is 0 Å². The third-order valence-corrected chi connectivity index (χ3v) is 4.96. The highest BCUT2D eigenvalue weighted by Crippen LogP contribution is 2.20. The molecule has 2 nitrogen and oxygen atoms in total. The third kappa shape index (κ3) is 4.44. The summed E-state index contributed by atoms with van der Waals surface area (Å²) in [5.74, 6) is -0.0256. The molecule has 0 radical (unpaired) electrons. The first-order valence-corrected chi connectivity index (χ1v) is 8.63. The molecule has 1 N–H and O–H groups in total. The van der Waals surface area contributed by atoms with E-state index < -0.39 is 0 Å². The van der Waals surface area contributed by atoms with Crippen LogP contribution in [0.2, 0.25) is 0 Å². The maximum Gasteiger partial charge on any atom is 0.252 e. The van der Waals surface area contributed by atoms with Crippen LogP contribution in [0.4, 0.5) is 0 Å². The van der Waals surface area contributed by atoms with E-state index >= 15 is 0 Å². The van der Waals surface area contributed by atoms with E-state index in [0.717, 1.165) is 15.5 Å². The van der Waals surface area contributed by atoms with Crippen molar-refractivity contribution in [1.82, 2.24) is 5.32 Å². The molecule has 1 aromatic carbocycles. The molecule has 1 heterocycles. The van der Waals surface area contributed by atoms with E-state index in [0.29, 0.717) is 5.56 Å². The summed E-state index contributed by atoms with van der Waals surface area (Å²) in [5.41, 5.74) is 1.93. The van der Waals surface area contributed by atoms with E-state index in [1.807, 2.05) is 29.6 Å². The lowest BCUT2D eigenvalue weighted by Gasteiger charge is -2.15. The van der Waals surface area contributed by atoms with Gasteiger partial charge in [0.15, 0.2) is 0 Å². The summed E-state index contributed by atoms with van der Waals surface area (Å²) in [6, 6.07) is 12.1. The van der Waals surface area contributed by atoms with Crippen molar-refractivity contribution in [1.29, 1.82) is 0 Å². The SMILES string of the molecule is O=C(NC(CBr)Cc1ccccc1)c1csc(Br)c1. The molecule has 0 aliphatic carbocycles. The summed E-state index contributed by atoms with van der Waals surface area (Å²) in [6.45, 7) is 0. The molecule has 1 unspecified atom stereocenters. The first-order chi connectivity index (χ1) is 9.19. The number of hydrogen-bond donors (Lipinski definition) is 1. The molecule has 0 spiro atoms. The van der Waals surface area contributed by atoms with Crippen LogP contribution in [0.1, 0.15) is 15.9 Å². The van der Waals surface area contributed by atoms with Gasteiger partial charge in [0.1, 0.15) is 0 Å². The average molecular weight is 403 g/mol. The second-order valence-electron chi connectivity index (χ2n) is 4.15. The number of halogens is 2. The largest absolute Gasteiger partial charge is 0.348 e. The molecule has 0 saturated carbocycles. The van der Waals surface area contributed by atoms with Crippen LogP contribution in [0.15, 0.2) is 45.6 Å². The molecule has 2 aromatic rings. The Balaban J connectivity index is 1.97.